The lowest BCUT2D eigenvalue weighted by Gasteiger charge is -2.20. The van der Waals surface area contributed by atoms with Crippen molar-refractivity contribution in [1.82, 2.24) is 14.5 Å². The second-order valence-electron chi connectivity index (χ2n) is 6.25. The Morgan fingerprint density at radius 1 is 1.23 bits per heavy atom. The van der Waals surface area contributed by atoms with Crippen molar-refractivity contribution in [3.05, 3.63) is 46.5 Å². The minimum atomic E-state index is -0.143. The summed E-state index contributed by atoms with van der Waals surface area (Å²) in [6.07, 6.45) is 5.74. The molecule has 7 nitrogen and oxygen atoms in total. The number of rotatable bonds is 5. The normalized spacial score (nSPS) is 14.1. The molecule has 0 radical (unpaired) electrons. The SMILES string of the molecule is O=C(CCn1cnc2sccc2c1=O)Nc1cccnc1N1CCCC1. The zero-order valence-corrected chi connectivity index (χ0v) is 15.0. The summed E-state index contributed by atoms with van der Waals surface area (Å²) in [5, 5.41) is 5.38. The lowest BCUT2D eigenvalue weighted by molar-refractivity contribution is -0.116. The summed E-state index contributed by atoms with van der Waals surface area (Å²) in [5.74, 6) is 0.674. The van der Waals surface area contributed by atoms with Crippen molar-refractivity contribution in [2.24, 2.45) is 0 Å². The number of hydrogen-bond donors (Lipinski definition) is 1. The molecule has 0 aromatic carbocycles. The maximum absolute atomic E-state index is 12.4. The Morgan fingerprint density at radius 3 is 2.92 bits per heavy atom. The number of aromatic nitrogens is 3. The van der Waals surface area contributed by atoms with Crippen LogP contribution in [-0.2, 0) is 11.3 Å². The fourth-order valence-corrected chi connectivity index (χ4v) is 3.89. The van der Waals surface area contributed by atoms with Crippen molar-refractivity contribution in [3.8, 4) is 0 Å². The fraction of sp³-hybridized carbons (Fsp3) is 0.333. The van der Waals surface area contributed by atoms with Crippen molar-refractivity contribution in [3.63, 3.8) is 0 Å². The summed E-state index contributed by atoms with van der Waals surface area (Å²) in [4.78, 5) is 36.4. The van der Waals surface area contributed by atoms with Crippen LogP contribution in [0.3, 0.4) is 0 Å². The van der Waals surface area contributed by atoms with E-state index in [1.54, 1.807) is 12.3 Å². The smallest absolute Gasteiger partial charge is 0.262 e. The maximum Gasteiger partial charge on any atom is 0.262 e. The molecule has 4 rings (SSSR count). The number of aryl methyl sites for hydroxylation is 1. The summed E-state index contributed by atoms with van der Waals surface area (Å²) in [5.41, 5.74) is 0.612. The molecule has 26 heavy (non-hydrogen) atoms. The molecule has 0 spiro atoms. The summed E-state index contributed by atoms with van der Waals surface area (Å²) in [7, 11) is 0. The third-order valence-corrected chi connectivity index (χ3v) is 5.32. The number of nitrogens with one attached hydrogen (secondary N) is 1. The molecule has 0 unspecified atom stereocenters. The highest BCUT2D eigenvalue weighted by molar-refractivity contribution is 7.16. The van der Waals surface area contributed by atoms with Crippen molar-refractivity contribution in [2.45, 2.75) is 25.8 Å². The second kappa shape index (κ2) is 7.25. The number of nitrogens with zero attached hydrogens (tertiary/aromatic N) is 4. The number of carbonyl (C=O) groups is 1. The van der Waals surface area contributed by atoms with Crippen molar-refractivity contribution >= 4 is 39.0 Å². The zero-order valence-electron chi connectivity index (χ0n) is 14.2. The molecule has 0 atom stereocenters. The largest absolute Gasteiger partial charge is 0.355 e. The van der Waals surface area contributed by atoms with E-state index < -0.39 is 0 Å². The minimum absolute atomic E-state index is 0.108. The first-order valence-electron chi connectivity index (χ1n) is 8.65. The van der Waals surface area contributed by atoms with Gasteiger partial charge >= 0.3 is 0 Å². The number of anilines is 2. The number of amides is 1. The van der Waals surface area contributed by atoms with Gasteiger partial charge in [0.1, 0.15) is 4.83 Å². The molecule has 134 valence electrons. The second-order valence-corrected chi connectivity index (χ2v) is 7.14. The van der Waals surface area contributed by atoms with E-state index in [0.717, 1.165) is 42.3 Å². The Hall–Kier alpha value is -2.74. The van der Waals surface area contributed by atoms with E-state index in [1.165, 1.54) is 22.2 Å². The van der Waals surface area contributed by atoms with Gasteiger partial charge in [0.25, 0.3) is 5.56 Å². The molecule has 1 aliphatic rings. The van der Waals surface area contributed by atoms with Crippen LogP contribution in [0.2, 0.25) is 0 Å². The lowest BCUT2D eigenvalue weighted by Crippen LogP contribution is -2.25. The fourth-order valence-electron chi connectivity index (χ4n) is 3.16. The van der Waals surface area contributed by atoms with Gasteiger partial charge in [-0.05, 0) is 36.4 Å². The van der Waals surface area contributed by atoms with Gasteiger partial charge in [-0.1, -0.05) is 0 Å². The van der Waals surface area contributed by atoms with Gasteiger partial charge in [-0.3, -0.25) is 14.2 Å². The van der Waals surface area contributed by atoms with Crippen LogP contribution in [0, 0.1) is 0 Å². The summed E-state index contributed by atoms with van der Waals surface area (Å²) >= 11 is 1.43. The van der Waals surface area contributed by atoms with Crippen LogP contribution in [0.1, 0.15) is 19.3 Å². The van der Waals surface area contributed by atoms with E-state index in [1.807, 2.05) is 17.5 Å². The van der Waals surface area contributed by atoms with E-state index in [-0.39, 0.29) is 17.9 Å². The van der Waals surface area contributed by atoms with E-state index in [2.05, 4.69) is 20.2 Å². The van der Waals surface area contributed by atoms with Crippen LogP contribution >= 0.6 is 11.3 Å². The molecule has 0 bridgehead atoms. The molecule has 0 aliphatic carbocycles. The van der Waals surface area contributed by atoms with Crippen LogP contribution in [0.25, 0.3) is 10.2 Å². The van der Waals surface area contributed by atoms with E-state index in [9.17, 15) is 9.59 Å². The van der Waals surface area contributed by atoms with Crippen LogP contribution in [0.5, 0.6) is 0 Å². The first kappa shape index (κ1) is 16.7. The van der Waals surface area contributed by atoms with E-state index in [4.69, 9.17) is 0 Å². The van der Waals surface area contributed by atoms with Gasteiger partial charge < -0.3 is 10.2 Å². The molecule has 3 aromatic heterocycles. The monoisotopic (exact) mass is 369 g/mol. The van der Waals surface area contributed by atoms with Gasteiger partial charge in [0.15, 0.2) is 5.82 Å². The highest BCUT2D eigenvalue weighted by Gasteiger charge is 2.18. The third kappa shape index (κ3) is 3.32. The zero-order chi connectivity index (χ0) is 17.9. The highest BCUT2D eigenvalue weighted by Crippen LogP contribution is 2.26. The van der Waals surface area contributed by atoms with Gasteiger partial charge in [-0.25, -0.2) is 9.97 Å². The van der Waals surface area contributed by atoms with Crippen LogP contribution in [0.4, 0.5) is 11.5 Å². The molecular weight excluding hydrogens is 350 g/mol. The van der Waals surface area contributed by atoms with Gasteiger partial charge in [0, 0.05) is 32.3 Å². The van der Waals surface area contributed by atoms with Gasteiger partial charge in [-0.2, -0.15) is 0 Å². The summed E-state index contributed by atoms with van der Waals surface area (Å²) in [6, 6.07) is 5.45. The molecule has 1 amide bonds. The van der Waals surface area contributed by atoms with E-state index >= 15 is 0 Å². The van der Waals surface area contributed by atoms with Crippen LogP contribution < -0.4 is 15.8 Å². The number of pyridine rings is 1. The average Bonchev–Trinajstić information content (AvgIpc) is 3.34. The molecule has 1 N–H and O–H groups in total. The molecule has 4 heterocycles. The number of carbonyl (C=O) groups excluding carboxylic acids is 1. The molecular formula is C18H19N5O2S. The highest BCUT2D eigenvalue weighted by atomic mass is 32.1. The van der Waals surface area contributed by atoms with Gasteiger partial charge in [0.05, 0.1) is 17.4 Å². The van der Waals surface area contributed by atoms with Crippen molar-refractivity contribution < 1.29 is 4.79 Å². The first-order chi connectivity index (χ1) is 12.7. The van der Waals surface area contributed by atoms with Crippen molar-refractivity contribution in [1.29, 1.82) is 0 Å². The predicted molar refractivity (Wildman–Crippen MR) is 103 cm³/mol. The Balaban J connectivity index is 1.44. The number of fused-ring (bicyclic) bond motifs is 1. The quantitative estimate of drug-likeness (QED) is 0.747. The third-order valence-electron chi connectivity index (χ3n) is 4.50. The maximum atomic E-state index is 12.4. The minimum Gasteiger partial charge on any atom is -0.355 e. The molecule has 1 aliphatic heterocycles. The van der Waals surface area contributed by atoms with Crippen LogP contribution in [0.15, 0.2) is 40.9 Å². The molecule has 3 aromatic rings. The number of thiophene rings is 1. The predicted octanol–water partition coefficient (Wildman–Crippen LogP) is 2.48. The Morgan fingerprint density at radius 2 is 2.08 bits per heavy atom. The van der Waals surface area contributed by atoms with E-state index in [0.29, 0.717) is 11.9 Å². The molecule has 1 saturated heterocycles. The summed E-state index contributed by atoms with van der Waals surface area (Å²) < 4.78 is 1.49. The standard InChI is InChI=1S/C18H19N5O2S/c24-15(5-10-23-12-20-17-13(18(23)25)6-11-26-17)21-14-4-3-7-19-16(14)22-8-1-2-9-22/h3-4,6-7,11-12H,1-2,5,8-10H2,(H,21,24). The number of hydrogen-bond acceptors (Lipinski definition) is 6. The summed E-state index contributed by atoms with van der Waals surface area (Å²) in [6.45, 7) is 2.21. The molecule has 1 fully saturated rings. The first-order valence-corrected chi connectivity index (χ1v) is 9.53. The lowest BCUT2D eigenvalue weighted by atomic mass is 10.3. The molecule has 0 saturated carbocycles. The van der Waals surface area contributed by atoms with Gasteiger partial charge in [-0.15, -0.1) is 11.3 Å². The average molecular weight is 369 g/mol. The molecule has 8 heteroatoms. The Kier molecular flexibility index (Phi) is 4.66. The Labute approximate surface area is 154 Å². The Bertz CT molecular complexity index is 990. The topological polar surface area (TPSA) is 80.1 Å². The van der Waals surface area contributed by atoms with Crippen molar-refractivity contribution in [2.75, 3.05) is 23.3 Å². The van der Waals surface area contributed by atoms with Crippen LogP contribution in [-0.4, -0.2) is 33.5 Å². The van der Waals surface area contributed by atoms with Gasteiger partial charge in [0.2, 0.25) is 5.91 Å².